The zero-order valence-electron chi connectivity index (χ0n) is 9.88. The molecule has 0 spiro atoms. The molecule has 0 aliphatic rings. The molecule has 0 aromatic heterocycles. The maximum absolute atomic E-state index is 12.2. The summed E-state index contributed by atoms with van der Waals surface area (Å²) in [6.45, 7) is 0. The van der Waals surface area contributed by atoms with Crippen molar-refractivity contribution in [2.45, 2.75) is 0 Å². The SMILES string of the molecule is COc1ccc(C(=O)c2ccc(O)cc2N)cc1. The molecular weight excluding hydrogens is 230 g/mol. The molecule has 0 heterocycles. The third-order valence-electron chi connectivity index (χ3n) is 2.63. The Balaban J connectivity index is 2.35. The number of rotatable bonds is 3. The van der Waals surface area contributed by atoms with Gasteiger partial charge in [-0.05, 0) is 36.4 Å². The van der Waals surface area contributed by atoms with E-state index in [1.54, 1.807) is 31.4 Å². The van der Waals surface area contributed by atoms with Gasteiger partial charge in [0, 0.05) is 22.9 Å². The summed E-state index contributed by atoms with van der Waals surface area (Å²) in [6, 6.07) is 11.1. The van der Waals surface area contributed by atoms with Gasteiger partial charge in [-0.2, -0.15) is 0 Å². The molecule has 4 nitrogen and oxygen atoms in total. The molecule has 0 amide bonds. The van der Waals surface area contributed by atoms with Gasteiger partial charge in [-0.3, -0.25) is 4.79 Å². The van der Waals surface area contributed by atoms with Gasteiger partial charge in [0.15, 0.2) is 5.78 Å². The van der Waals surface area contributed by atoms with Crippen LogP contribution in [0.1, 0.15) is 15.9 Å². The van der Waals surface area contributed by atoms with E-state index in [9.17, 15) is 9.90 Å². The number of benzene rings is 2. The predicted octanol–water partition coefficient (Wildman–Crippen LogP) is 2.21. The number of nitrogens with two attached hydrogens (primary N) is 1. The van der Waals surface area contributed by atoms with Gasteiger partial charge in [0.1, 0.15) is 11.5 Å². The van der Waals surface area contributed by atoms with E-state index in [4.69, 9.17) is 10.5 Å². The molecule has 0 aliphatic carbocycles. The molecule has 0 bridgehead atoms. The quantitative estimate of drug-likeness (QED) is 0.640. The molecule has 4 heteroatoms. The lowest BCUT2D eigenvalue weighted by molar-refractivity contribution is 0.103. The van der Waals surface area contributed by atoms with E-state index in [2.05, 4.69) is 0 Å². The lowest BCUT2D eigenvalue weighted by Crippen LogP contribution is -2.05. The van der Waals surface area contributed by atoms with Crippen molar-refractivity contribution in [3.63, 3.8) is 0 Å². The van der Waals surface area contributed by atoms with Gasteiger partial charge in [-0.1, -0.05) is 0 Å². The van der Waals surface area contributed by atoms with Crippen LogP contribution in [0, 0.1) is 0 Å². The maximum atomic E-state index is 12.2. The highest BCUT2D eigenvalue weighted by Crippen LogP contribution is 2.22. The van der Waals surface area contributed by atoms with E-state index in [1.165, 1.54) is 18.2 Å². The van der Waals surface area contributed by atoms with Crippen LogP contribution in [0.3, 0.4) is 0 Å². The second-order valence-electron chi connectivity index (χ2n) is 3.83. The first-order valence-corrected chi connectivity index (χ1v) is 5.39. The Labute approximate surface area is 105 Å². The molecule has 0 atom stereocenters. The molecule has 0 saturated heterocycles. The molecule has 3 N–H and O–H groups in total. The number of carbonyl (C=O) groups excluding carboxylic acids is 1. The van der Waals surface area contributed by atoms with E-state index in [1.807, 2.05) is 0 Å². The number of ether oxygens (including phenoxy) is 1. The molecule has 0 fully saturated rings. The second-order valence-corrected chi connectivity index (χ2v) is 3.83. The third kappa shape index (κ3) is 2.27. The molecule has 0 unspecified atom stereocenters. The third-order valence-corrected chi connectivity index (χ3v) is 2.63. The summed E-state index contributed by atoms with van der Waals surface area (Å²) in [5.74, 6) is 0.541. The number of nitrogen functional groups attached to an aromatic ring is 1. The monoisotopic (exact) mass is 243 g/mol. The summed E-state index contributed by atoms with van der Waals surface area (Å²) in [7, 11) is 1.56. The van der Waals surface area contributed by atoms with Gasteiger partial charge in [0.05, 0.1) is 7.11 Å². The fourth-order valence-electron chi connectivity index (χ4n) is 1.65. The van der Waals surface area contributed by atoms with Gasteiger partial charge in [0.25, 0.3) is 0 Å². The maximum Gasteiger partial charge on any atom is 0.195 e. The van der Waals surface area contributed by atoms with Gasteiger partial charge >= 0.3 is 0 Å². The molecule has 2 aromatic rings. The predicted molar refractivity (Wildman–Crippen MR) is 68.9 cm³/mol. The van der Waals surface area contributed by atoms with Crippen molar-refractivity contribution in [3.05, 3.63) is 53.6 Å². The van der Waals surface area contributed by atoms with Gasteiger partial charge in [0.2, 0.25) is 0 Å². The topological polar surface area (TPSA) is 72.5 Å². The number of methoxy groups -OCH3 is 1. The van der Waals surface area contributed by atoms with Crippen molar-refractivity contribution in [2.24, 2.45) is 0 Å². The average molecular weight is 243 g/mol. The van der Waals surface area contributed by atoms with Crippen LogP contribution in [0.4, 0.5) is 5.69 Å². The smallest absolute Gasteiger partial charge is 0.195 e. The average Bonchev–Trinajstić information content (AvgIpc) is 2.38. The molecule has 0 aliphatic heterocycles. The summed E-state index contributed by atoms with van der Waals surface area (Å²) in [6.07, 6.45) is 0. The lowest BCUT2D eigenvalue weighted by Gasteiger charge is -2.06. The van der Waals surface area contributed by atoms with Gasteiger partial charge in [-0.25, -0.2) is 0 Å². The molecular formula is C14H13NO3. The number of ketones is 1. The van der Waals surface area contributed by atoms with E-state index < -0.39 is 0 Å². The van der Waals surface area contributed by atoms with Gasteiger partial charge < -0.3 is 15.6 Å². The zero-order chi connectivity index (χ0) is 13.1. The highest BCUT2D eigenvalue weighted by atomic mass is 16.5. The van der Waals surface area contributed by atoms with Crippen LogP contribution in [0.15, 0.2) is 42.5 Å². The van der Waals surface area contributed by atoms with Crippen molar-refractivity contribution < 1.29 is 14.6 Å². The van der Waals surface area contributed by atoms with E-state index in [0.29, 0.717) is 16.9 Å². The summed E-state index contributed by atoms with van der Waals surface area (Å²) >= 11 is 0. The fraction of sp³-hybridized carbons (Fsp3) is 0.0714. The van der Waals surface area contributed by atoms with E-state index in [0.717, 1.165) is 0 Å². The van der Waals surface area contributed by atoms with Gasteiger partial charge in [-0.15, -0.1) is 0 Å². The number of phenols is 1. The van der Waals surface area contributed by atoms with Crippen molar-refractivity contribution in [3.8, 4) is 11.5 Å². The molecule has 0 radical (unpaired) electrons. The first-order chi connectivity index (χ1) is 8.61. The molecule has 0 saturated carbocycles. The first kappa shape index (κ1) is 12.0. The summed E-state index contributed by atoms with van der Waals surface area (Å²) in [4.78, 5) is 12.2. The Morgan fingerprint density at radius 2 is 1.83 bits per heavy atom. The number of aromatic hydroxyl groups is 1. The van der Waals surface area contributed by atoms with Crippen LogP contribution >= 0.6 is 0 Å². The molecule has 18 heavy (non-hydrogen) atoms. The summed E-state index contributed by atoms with van der Waals surface area (Å²) in [5.41, 5.74) is 6.86. The Morgan fingerprint density at radius 1 is 1.17 bits per heavy atom. The molecule has 92 valence electrons. The normalized spacial score (nSPS) is 10.1. The Hall–Kier alpha value is -2.49. The van der Waals surface area contributed by atoms with Crippen molar-refractivity contribution in [1.29, 1.82) is 0 Å². The Bertz CT molecular complexity index is 576. The van der Waals surface area contributed by atoms with Crippen LogP contribution in [0.25, 0.3) is 0 Å². The summed E-state index contributed by atoms with van der Waals surface area (Å²) < 4.78 is 5.03. The number of hydrogen-bond acceptors (Lipinski definition) is 4. The lowest BCUT2D eigenvalue weighted by atomic mass is 10.0. The highest BCUT2D eigenvalue weighted by Gasteiger charge is 2.12. The number of anilines is 1. The van der Waals surface area contributed by atoms with E-state index >= 15 is 0 Å². The van der Waals surface area contributed by atoms with Crippen molar-refractivity contribution in [2.75, 3.05) is 12.8 Å². The minimum Gasteiger partial charge on any atom is -0.508 e. The molecule has 2 aromatic carbocycles. The molecule has 2 rings (SSSR count). The van der Waals surface area contributed by atoms with Crippen LogP contribution in [0.5, 0.6) is 11.5 Å². The Morgan fingerprint density at radius 3 is 2.39 bits per heavy atom. The highest BCUT2D eigenvalue weighted by molar-refractivity contribution is 6.12. The van der Waals surface area contributed by atoms with E-state index in [-0.39, 0.29) is 17.2 Å². The van der Waals surface area contributed by atoms with Crippen molar-refractivity contribution >= 4 is 11.5 Å². The first-order valence-electron chi connectivity index (χ1n) is 5.39. The Kier molecular flexibility index (Phi) is 3.19. The van der Waals surface area contributed by atoms with Crippen LogP contribution in [0.2, 0.25) is 0 Å². The van der Waals surface area contributed by atoms with Crippen LogP contribution in [-0.4, -0.2) is 18.0 Å². The fourth-order valence-corrected chi connectivity index (χ4v) is 1.65. The minimum atomic E-state index is -0.185. The zero-order valence-corrected chi connectivity index (χ0v) is 9.88. The number of hydrogen-bond donors (Lipinski definition) is 2. The second kappa shape index (κ2) is 4.79. The minimum absolute atomic E-state index is 0.0405. The summed E-state index contributed by atoms with van der Waals surface area (Å²) in [5, 5.41) is 9.25. The number of carbonyl (C=O) groups is 1. The van der Waals surface area contributed by atoms with Crippen LogP contribution in [-0.2, 0) is 0 Å². The standard InChI is InChI=1S/C14H13NO3/c1-18-11-5-2-9(3-6-11)14(17)12-7-4-10(16)8-13(12)15/h2-8,16H,15H2,1H3. The van der Waals surface area contributed by atoms with Crippen LogP contribution < -0.4 is 10.5 Å². The largest absolute Gasteiger partial charge is 0.508 e. The number of phenolic OH excluding ortho intramolecular Hbond substituents is 1. The van der Waals surface area contributed by atoms with Crippen molar-refractivity contribution in [1.82, 2.24) is 0 Å².